The zero-order valence-electron chi connectivity index (χ0n) is 8.39. The summed E-state index contributed by atoms with van der Waals surface area (Å²) in [4.78, 5) is 0. The summed E-state index contributed by atoms with van der Waals surface area (Å²) in [7, 11) is 0. The van der Waals surface area contributed by atoms with Gasteiger partial charge in [-0.3, -0.25) is 0 Å². The van der Waals surface area contributed by atoms with Crippen LogP contribution in [0.3, 0.4) is 0 Å². The third-order valence-electron chi connectivity index (χ3n) is 2.59. The first-order valence-electron chi connectivity index (χ1n) is 4.85. The fraction of sp³-hybridized carbons (Fsp3) is 0.333. The van der Waals surface area contributed by atoms with Gasteiger partial charge < -0.3 is 0 Å². The van der Waals surface area contributed by atoms with Crippen LogP contribution in [0.1, 0.15) is 25.7 Å². The van der Waals surface area contributed by atoms with Gasteiger partial charge in [-0.1, -0.05) is 47.5 Å². The van der Waals surface area contributed by atoms with Gasteiger partial charge in [-0.15, -0.1) is 0 Å². The first-order chi connectivity index (χ1) is 6.77. The van der Waals surface area contributed by atoms with Crippen molar-refractivity contribution in [1.82, 2.24) is 0 Å². The molecule has 0 saturated carbocycles. The smallest absolute Gasteiger partial charge is 0.0885 e. The van der Waals surface area contributed by atoms with Crippen LogP contribution in [0.5, 0.6) is 0 Å². The Kier molecular flexibility index (Phi) is 5.59. The number of halogens is 2. The van der Waals surface area contributed by atoms with Crippen molar-refractivity contribution >= 4 is 23.2 Å². The van der Waals surface area contributed by atoms with E-state index in [-0.39, 0.29) is 25.8 Å². The predicted molar refractivity (Wildman–Crippen MR) is 62.5 cm³/mol. The monoisotopic (exact) mass is 406 g/mol. The molecular formula is C12H12Cl2Hf+4. The quantitative estimate of drug-likeness (QED) is 0.599. The largest absolute Gasteiger partial charge is 4.00 e. The van der Waals surface area contributed by atoms with E-state index in [1.165, 1.54) is 11.1 Å². The molecule has 2 aliphatic rings. The average Bonchev–Trinajstić information content (AvgIpc) is 2.72. The molecule has 3 heteroatoms. The first-order valence-corrected chi connectivity index (χ1v) is 5.61. The Morgan fingerprint density at radius 3 is 1.53 bits per heavy atom. The van der Waals surface area contributed by atoms with E-state index in [1.54, 1.807) is 0 Å². The van der Waals surface area contributed by atoms with E-state index in [0.29, 0.717) is 0 Å². The minimum Gasteiger partial charge on any atom is -0.0885 e. The maximum absolute atomic E-state index is 6.05. The van der Waals surface area contributed by atoms with Crippen molar-refractivity contribution < 1.29 is 25.8 Å². The van der Waals surface area contributed by atoms with Gasteiger partial charge in [0.2, 0.25) is 0 Å². The zero-order chi connectivity index (χ0) is 9.97. The zero-order valence-corrected chi connectivity index (χ0v) is 13.5. The van der Waals surface area contributed by atoms with E-state index in [4.69, 9.17) is 23.2 Å². The van der Waals surface area contributed by atoms with Crippen LogP contribution < -0.4 is 0 Å². The van der Waals surface area contributed by atoms with Gasteiger partial charge in [0.05, 0.1) is 0 Å². The Morgan fingerprint density at radius 1 is 0.867 bits per heavy atom. The third kappa shape index (κ3) is 3.44. The SMILES string of the molecule is ClC1=C(CCC2=C(Cl)CC=C2)C=CC1.[Hf+4]. The normalized spacial score (nSPS) is 19.1. The molecule has 74 valence electrons. The van der Waals surface area contributed by atoms with Crippen molar-refractivity contribution in [3.63, 3.8) is 0 Å². The second kappa shape index (κ2) is 6.22. The molecule has 0 saturated heterocycles. The van der Waals surface area contributed by atoms with E-state index in [1.807, 2.05) is 0 Å². The van der Waals surface area contributed by atoms with Crippen LogP contribution in [0.25, 0.3) is 0 Å². The fourth-order valence-electron chi connectivity index (χ4n) is 1.76. The topological polar surface area (TPSA) is 0 Å². The van der Waals surface area contributed by atoms with Crippen molar-refractivity contribution in [1.29, 1.82) is 0 Å². The molecule has 0 bridgehead atoms. The molecule has 2 aliphatic carbocycles. The molecule has 0 amide bonds. The third-order valence-corrected chi connectivity index (χ3v) is 3.39. The molecule has 0 nitrogen and oxygen atoms in total. The van der Waals surface area contributed by atoms with Gasteiger partial charge in [0.15, 0.2) is 0 Å². The molecule has 0 spiro atoms. The fourth-order valence-corrected chi connectivity index (χ4v) is 2.25. The van der Waals surface area contributed by atoms with Crippen LogP contribution >= 0.6 is 23.2 Å². The van der Waals surface area contributed by atoms with Gasteiger partial charge in [0.1, 0.15) is 0 Å². The summed E-state index contributed by atoms with van der Waals surface area (Å²) < 4.78 is 0. The molecule has 0 heterocycles. The number of hydrogen-bond acceptors (Lipinski definition) is 0. The van der Waals surface area contributed by atoms with E-state index >= 15 is 0 Å². The molecule has 0 fully saturated rings. The predicted octanol–water partition coefficient (Wildman–Crippen LogP) is 4.67. The maximum atomic E-state index is 6.05. The maximum Gasteiger partial charge on any atom is 4.00 e. The van der Waals surface area contributed by atoms with Gasteiger partial charge in [0.25, 0.3) is 0 Å². The van der Waals surface area contributed by atoms with Gasteiger partial charge in [-0.25, -0.2) is 0 Å². The summed E-state index contributed by atoms with van der Waals surface area (Å²) >= 11 is 12.1. The Hall–Kier alpha value is 0.410. The summed E-state index contributed by atoms with van der Waals surface area (Å²) in [5, 5.41) is 1.98. The minimum atomic E-state index is 0. The first kappa shape index (κ1) is 13.5. The summed E-state index contributed by atoms with van der Waals surface area (Å²) in [5.41, 5.74) is 2.54. The Balaban J connectivity index is 0.00000112. The standard InChI is InChI=1S/C12H12Cl2.Hf/c13-11-5-1-3-9(11)7-8-10-4-2-6-12(10)14;/h1-4H,5-8H2;/q;+4. The second-order valence-electron chi connectivity index (χ2n) is 3.57. The van der Waals surface area contributed by atoms with E-state index in [0.717, 1.165) is 35.7 Å². The van der Waals surface area contributed by atoms with Crippen LogP contribution in [0, 0.1) is 0 Å². The molecule has 0 aromatic rings. The van der Waals surface area contributed by atoms with Gasteiger partial charge in [-0.05, 0) is 24.0 Å². The van der Waals surface area contributed by atoms with Gasteiger partial charge >= 0.3 is 25.8 Å². The second-order valence-corrected chi connectivity index (χ2v) is 4.49. The molecule has 15 heavy (non-hydrogen) atoms. The molecule has 0 aromatic carbocycles. The van der Waals surface area contributed by atoms with Crippen LogP contribution in [0.4, 0.5) is 0 Å². The molecule has 0 aliphatic heterocycles. The van der Waals surface area contributed by atoms with Crippen molar-refractivity contribution in [2.45, 2.75) is 25.7 Å². The minimum absolute atomic E-state index is 0. The van der Waals surface area contributed by atoms with Crippen LogP contribution in [0.2, 0.25) is 0 Å². The Morgan fingerprint density at radius 2 is 1.27 bits per heavy atom. The number of allylic oxidation sites excluding steroid dienone is 8. The van der Waals surface area contributed by atoms with Crippen LogP contribution in [0.15, 0.2) is 45.5 Å². The molecule has 0 N–H and O–H groups in total. The van der Waals surface area contributed by atoms with Crippen LogP contribution in [-0.2, 0) is 25.8 Å². The number of rotatable bonds is 3. The molecule has 0 aromatic heterocycles. The van der Waals surface area contributed by atoms with Crippen molar-refractivity contribution in [2.24, 2.45) is 0 Å². The number of hydrogen-bond donors (Lipinski definition) is 0. The summed E-state index contributed by atoms with van der Waals surface area (Å²) in [6, 6.07) is 0. The van der Waals surface area contributed by atoms with E-state index < -0.39 is 0 Å². The Labute approximate surface area is 119 Å². The van der Waals surface area contributed by atoms with Crippen LogP contribution in [-0.4, -0.2) is 0 Å². The molecule has 0 unspecified atom stereocenters. The van der Waals surface area contributed by atoms with Crippen molar-refractivity contribution in [3.05, 3.63) is 45.5 Å². The van der Waals surface area contributed by atoms with E-state index in [2.05, 4.69) is 24.3 Å². The summed E-state index contributed by atoms with van der Waals surface area (Å²) in [5.74, 6) is 0. The average molecular weight is 406 g/mol. The molecule has 0 radical (unpaired) electrons. The van der Waals surface area contributed by atoms with E-state index in [9.17, 15) is 0 Å². The summed E-state index contributed by atoms with van der Waals surface area (Å²) in [6.07, 6.45) is 12.3. The molecule has 0 atom stereocenters. The molecule has 2 rings (SSSR count). The Bertz CT molecular complexity index is 326. The van der Waals surface area contributed by atoms with Crippen molar-refractivity contribution in [3.8, 4) is 0 Å². The van der Waals surface area contributed by atoms with Crippen molar-refractivity contribution in [2.75, 3.05) is 0 Å². The molecular weight excluding hydrogens is 394 g/mol. The van der Waals surface area contributed by atoms with Gasteiger partial charge in [0, 0.05) is 22.9 Å². The van der Waals surface area contributed by atoms with Gasteiger partial charge in [-0.2, -0.15) is 0 Å². The summed E-state index contributed by atoms with van der Waals surface area (Å²) in [6.45, 7) is 0.